The van der Waals surface area contributed by atoms with Crippen molar-refractivity contribution in [1.29, 1.82) is 0 Å². The Morgan fingerprint density at radius 2 is 2.28 bits per heavy atom. The summed E-state index contributed by atoms with van der Waals surface area (Å²) in [5, 5.41) is 9.65. The van der Waals surface area contributed by atoms with E-state index < -0.39 is 0 Å². The van der Waals surface area contributed by atoms with E-state index in [4.69, 9.17) is 0 Å². The van der Waals surface area contributed by atoms with Crippen LogP contribution >= 0.6 is 15.9 Å². The van der Waals surface area contributed by atoms with Crippen LogP contribution in [0.25, 0.3) is 0 Å². The van der Waals surface area contributed by atoms with Gasteiger partial charge >= 0.3 is 0 Å². The highest BCUT2D eigenvalue weighted by Gasteiger charge is 2.12. The first-order chi connectivity index (χ1) is 8.58. The minimum absolute atomic E-state index is 0.239. The average Bonchev–Trinajstić information content (AvgIpc) is 2.78. The van der Waals surface area contributed by atoms with Crippen LogP contribution in [0.3, 0.4) is 0 Å². The SMILES string of the molecule is CC(C)c1cc(NC(=O)c2cccnc2Br)n[nH]1. The zero-order valence-electron chi connectivity index (χ0n) is 10.1. The molecule has 0 aliphatic heterocycles. The van der Waals surface area contributed by atoms with Gasteiger partial charge in [-0.25, -0.2) is 4.98 Å². The van der Waals surface area contributed by atoms with Gasteiger partial charge in [0.2, 0.25) is 0 Å². The lowest BCUT2D eigenvalue weighted by molar-refractivity contribution is 0.102. The second-order valence-electron chi connectivity index (χ2n) is 4.16. The molecule has 2 rings (SSSR count). The molecule has 0 radical (unpaired) electrons. The van der Waals surface area contributed by atoms with Gasteiger partial charge in [-0.3, -0.25) is 9.89 Å². The molecule has 0 saturated carbocycles. The first-order valence-corrected chi connectivity index (χ1v) is 6.34. The molecule has 0 aromatic carbocycles. The van der Waals surface area contributed by atoms with Crippen molar-refractivity contribution in [3.63, 3.8) is 0 Å². The Balaban J connectivity index is 2.14. The van der Waals surface area contributed by atoms with Crippen molar-refractivity contribution in [3.05, 3.63) is 40.3 Å². The zero-order chi connectivity index (χ0) is 13.1. The number of hydrogen-bond donors (Lipinski definition) is 2. The second kappa shape index (κ2) is 5.30. The molecule has 2 heterocycles. The summed E-state index contributed by atoms with van der Waals surface area (Å²) in [6, 6.07) is 5.24. The van der Waals surface area contributed by atoms with Crippen LogP contribution in [0.15, 0.2) is 29.0 Å². The van der Waals surface area contributed by atoms with E-state index in [0.29, 0.717) is 21.9 Å². The van der Waals surface area contributed by atoms with Crippen molar-refractivity contribution < 1.29 is 4.79 Å². The molecule has 0 atom stereocenters. The molecule has 0 unspecified atom stereocenters. The van der Waals surface area contributed by atoms with E-state index in [-0.39, 0.29) is 5.91 Å². The lowest BCUT2D eigenvalue weighted by Crippen LogP contribution is -2.13. The Kier molecular flexibility index (Phi) is 3.76. The number of halogens is 1. The van der Waals surface area contributed by atoms with Gasteiger partial charge in [0, 0.05) is 18.0 Å². The van der Waals surface area contributed by atoms with Gasteiger partial charge in [-0.05, 0) is 34.0 Å². The van der Waals surface area contributed by atoms with Crippen molar-refractivity contribution >= 4 is 27.7 Å². The minimum atomic E-state index is -0.239. The van der Waals surface area contributed by atoms with Gasteiger partial charge in [0.05, 0.1) is 5.56 Å². The van der Waals surface area contributed by atoms with Gasteiger partial charge < -0.3 is 5.32 Å². The van der Waals surface area contributed by atoms with Crippen LogP contribution < -0.4 is 5.32 Å². The van der Waals surface area contributed by atoms with E-state index >= 15 is 0 Å². The van der Waals surface area contributed by atoms with E-state index in [1.807, 2.05) is 6.07 Å². The Hall–Kier alpha value is -1.69. The maximum Gasteiger partial charge on any atom is 0.259 e. The molecule has 2 aromatic rings. The molecule has 1 amide bonds. The van der Waals surface area contributed by atoms with E-state index in [2.05, 4.69) is 50.3 Å². The normalized spacial score (nSPS) is 10.7. The van der Waals surface area contributed by atoms with E-state index in [1.54, 1.807) is 18.3 Å². The van der Waals surface area contributed by atoms with Crippen LogP contribution in [0.1, 0.15) is 35.8 Å². The zero-order valence-corrected chi connectivity index (χ0v) is 11.7. The Morgan fingerprint density at radius 3 is 2.89 bits per heavy atom. The smallest absolute Gasteiger partial charge is 0.259 e. The number of aromatic amines is 1. The monoisotopic (exact) mass is 308 g/mol. The van der Waals surface area contributed by atoms with E-state index in [1.165, 1.54) is 0 Å². The molecule has 0 aliphatic rings. The molecule has 0 bridgehead atoms. The lowest BCUT2D eigenvalue weighted by atomic mass is 10.1. The summed E-state index contributed by atoms with van der Waals surface area (Å²) in [6.45, 7) is 4.10. The van der Waals surface area contributed by atoms with Crippen molar-refractivity contribution in [1.82, 2.24) is 15.2 Å². The number of nitrogens with zero attached hydrogens (tertiary/aromatic N) is 2. The number of carbonyl (C=O) groups excluding carboxylic acids is 1. The largest absolute Gasteiger partial charge is 0.305 e. The van der Waals surface area contributed by atoms with Gasteiger partial charge in [0.15, 0.2) is 5.82 Å². The van der Waals surface area contributed by atoms with Gasteiger partial charge in [0.25, 0.3) is 5.91 Å². The maximum atomic E-state index is 12.0. The van der Waals surface area contributed by atoms with E-state index in [0.717, 1.165) is 5.69 Å². The highest BCUT2D eigenvalue weighted by atomic mass is 79.9. The van der Waals surface area contributed by atoms with Crippen molar-refractivity contribution in [3.8, 4) is 0 Å². The molecule has 94 valence electrons. The van der Waals surface area contributed by atoms with Gasteiger partial charge in [-0.2, -0.15) is 5.10 Å². The fraction of sp³-hybridized carbons (Fsp3) is 0.250. The molecule has 6 heteroatoms. The third-order valence-corrected chi connectivity index (χ3v) is 3.10. The summed E-state index contributed by atoms with van der Waals surface area (Å²) in [7, 11) is 0. The van der Waals surface area contributed by atoms with Crippen LogP contribution in [0.5, 0.6) is 0 Å². The summed E-state index contributed by atoms with van der Waals surface area (Å²) in [5.74, 6) is 0.615. The molecular weight excluding hydrogens is 296 g/mol. The maximum absolute atomic E-state index is 12.0. The third-order valence-electron chi connectivity index (χ3n) is 2.46. The molecule has 2 aromatic heterocycles. The number of rotatable bonds is 3. The number of carbonyl (C=O) groups is 1. The van der Waals surface area contributed by atoms with Crippen molar-refractivity contribution in [2.45, 2.75) is 19.8 Å². The number of H-pyrrole nitrogens is 1. The molecular formula is C12H13BrN4O. The predicted octanol–water partition coefficient (Wildman–Crippen LogP) is 2.94. The highest BCUT2D eigenvalue weighted by Crippen LogP contribution is 2.17. The molecule has 0 fully saturated rings. The second-order valence-corrected chi connectivity index (χ2v) is 4.91. The van der Waals surface area contributed by atoms with Crippen LogP contribution in [-0.2, 0) is 0 Å². The fourth-order valence-electron chi connectivity index (χ4n) is 1.44. The number of aromatic nitrogens is 3. The molecule has 2 N–H and O–H groups in total. The van der Waals surface area contributed by atoms with Crippen molar-refractivity contribution in [2.24, 2.45) is 0 Å². The standard InChI is InChI=1S/C12H13BrN4O/c1-7(2)9-6-10(17-16-9)15-12(18)8-4-3-5-14-11(8)13/h3-7H,1-2H3,(H2,15,16,17,18). The summed E-state index contributed by atoms with van der Waals surface area (Å²) in [6.07, 6.45) is 1.62. The summed E-state index contributed by atoms with van der Waals surface area (Å²) in [4.78, 5) is 16.0. The van der Waals surface area contributed by atoms with Gasteiger partial charge in [0.1, 0.15) is 4.60 Å². The Bertz CT molecular complexity index is 565. The minimum Gasteiger partial charge on any atom is -0.305 e. The molecule has 0 spiro atoms. The fourth-order valence-corrected chi connectivity index (χ4v) is 1.87. The van der Waals surface area contributed by atoms with Crippen LogP contribution in [0, 0.1) is 0 Å². The predicted molar refractivity (Wildman–Crippen MR) is 72.6 cm³/mol. The third kappa shape index (κ3) is 2.76. The summed E-state index contributed by atoms with van der Waals surface area (Å²) < 4.78 is 0.516. The lowest BCUT2D eigenvalue weighted by Gasteiger charge is -2.02. The van der Waals surface area contributed by atoms with Crippen LogP contribution in [0.2, 0.25) is 0 Å². The highest BCUT2D eigenvalue weighted by molar-refractivity contribution is 9.10. The average molecular weight is 309 g/mol. The molecule has 5 nitrogen and oxygen atoms in total. The number of amides is 1. The summed E-state index contributed by atoms with van der Waals surface area (Å²) >= 11 is 3.24. The number of hydrogen-bond acceptors (Lipinski definition) is 3. The first-order valence-electron chi connectivity index (χ1n) is 5.55. The van der Waals surface area contributed by atoms with Crippen LogP contribution in [0.4, 0.5) is 5.82 Å². The first kappa shape index (κ1) is 12.8. The van der Waals surface area contributed by atoms with Crippen LogP contribution in [-0.4, -0.2) is 21.1 Å². The topological polar surface area (TPSA) is 70.7 Å². The van der Waals surface area contributed by atoms with E-state index in [9.17, 15) is 4.79 Å². The Morgan fingerprint density at radius 1 is 1.50 bits per heavy atom. The van der Waals surface area contributed by atoms with Gasteiger partial charge in [-0.15, -0.1) is 0 Å². The summed E-state index contributed by atoms with van der Waals surface area (Å²) in [5.41, 5.74) is 1.46. The molecule has 0 aliphatic carbocycles. The Labute approximate surface area is 113 Å². The molecule has 0 saturated heterocycles. The number of anilines is 1. The van der Waals surface area contributed by atoms with Crippen molar-refractivity contribution in [2.75, 3.05) is 5.32 Å². The number of pyridine rings is 1. The quantitative estimate of drug-likeness (QED) is 0.856. The molecule has 18 heavy (non-hydrogen) atoms. The van der Waals surface area contributed by atoms with Gasteiger partial charge in [-0.1, -0.05) is 13.8 Å². The number of nitrogens with one attached hydrogen (secondary N) is 2.